The summed E-state index contributed by atoms with van der Waals surface area (Å²) in [6.07, 6.45) is 0.749. The maximum absolute atomic E-state index is 13.7. The molecule has 1 aromatic carbocycles. The van der Waals surface area contributed by atoms with E-state index in [4.69, 9.17) is 4.74 Å². The van der Waals surface area contributed by atoms with Crippen molar-refractivity contribution in [2.75, 3.05) is 11.9 Å². The van der Waals surface area contributed by atoms with E-state index in [1.807, 2.05) is 19.1 Å². The molecular weight excluding hydrogens is 262 g/mol. The molecule has 0 bridgehead atoms. The van der Waals surface area contributed by atoms with E-state index in [0.29, 0.717) is 12.3 Å². The van der Waals surface area contributed by atoms with Crippen molar-refractivity contribution in [1.82, 2.24) is 4.98 Å². The molecule has 0 unspecified atom stereocenters. The lowest BCUT2D eigenvalue weighted by atomic mass is 10.1. The van der Waals surface area contributed by atoms with E-state index < -0.39 is 11.6 Å². The van der Waals surface area contributed by atoms with Gasteiger partial charge in [-0.2, -0.15) is 4.98 Å². The molecule has 2 rings (SSSR count). The highest BCUT2D eigenvalue weighted by atomic mass is 19.1. The van der Waals surface area contributed by atoms with Crippen molar-refractivity contribution in [2.24, 2.45) is 0 Å². The van der Waals surface area contributed by atoms with Gasteiger partial charge in [0.05, 0.1) is 0 Å². The normalized spacial score (nSPS) is 10.4. The van der Waals surface area contributed by atoms with Crippen LogP contribution in [0.15, 0.2) is 30.3 Å². The van der Waals surface area contributed by atoms with Gasteiger partial charge >= 0.3 is 0 Å². The van der Waals surface area contributed by atoms with Crippen molar-refractivity contribution >= 4 is 5.82 Å². The smallest absolute Gasteiger partial charge is 0.258 e. The minimum absolute atomic E-state index is 0.0159. The van der Waals surface area contributed by atoms with Crippen molar-refractivity contribution in [3.8, 4) is 11.6 Å². The molecule has 0 spiro atoms. The molecule has 0 saturated heterocycles. The van der Waals surface area contributed by atoms with E-state index in [-0.39, 0.29) is 11.7 Å². The van der Waals surface area contributed by atoms with Gasteiger partial charge in [0.15, 0.2) is 17.5 Å². The summed E-state index contributed by atoms with van der Waals surface area (Å²) < 4.78 is 32.7. The van der Waals surface area contributed by atoms with Crippen molar-refractivity contribution in [1.29, 1.82) is 0 Å². The van der Waals surface area contributed by atoms with Crippen LogP contribution in [0.2, 0.25) is 0 Å². The molecule has 20 heavy (non-hydrogen) atoms. The standard InChI is InChI=1S/C15H16F2N2O/c1-3-10-7-5-6-8-13(10)20-15-12(17)9-11(16)14(19-15)18-4-2/h5-9H,3-4H2,1-2H3,(H,18,19). The zero-order valence-electron chi connectivity index (χ0n) is 11.4. The van der Waals surface area contributed by atoms with Crippen LogP contribution in [0.1, 0.15) is 19.4 Å². The molecule has 0 aliphatic heterocycles. The van der Waals surface area contributed by atoms with Crippen molar-refractivity contribution < 1.29 is 13.5 Å². The molecule has 5 heteroatoms. The molecule has 1 aromatic heterocycles. The lowest BCUT2D eigenvalue weighted by molar-refractivity contribution is 0.414. The Morgan fingerprint density at radius 3 is 2.60 bits per heavy atom. The third-order valence-electron chi connectivity index (χ3n) is 2.80. The molecule has 0 amide bonds. The number of rotatable bonds is 5. The number of anilines is 1. The zero-order chi connectivity index (χ0) is 14.5. The first-order chi connectivity index (χ1) is 9.65. The van der Waals surface area contributed by atoms with Crippen LogP contribution in [0.25, 0.3) is 0 Å². The maximum atomic E-state index is 13.7. The van der Waals surface area contributed by atoms with E-state index in [1.54, 1.807) is 19.1 Å². The highest BCUT2D eigenvalue weighted by Gasteiger charge is 2.14. The predicted molar refractivity (Wildman–Crippen MR) is 74.2 cm³/mol. The lowest BCUT2D eigenvalue weighted by Gasteiger charge is -2.11. The summed E-state index contributed by atoms with van der Waals surface area (Å²) in [4.78, 5) is 3.85. The van der Waals surface area contributed by atoms with Crippen molar-refractivity contribution in [3.63, 3.8) is 0 Å². The number of ether oxygens (including phenoxy) is 1. The molecule has 1 N–H and O–H groups in total. The van der Waals surface area contributed by atoms with Crippen LogP contribution < -0.4 is 10.1 Å². The molecule has 0 radical (unpaired) electrons. The number of pyridine rings is 1. The Balaban J connectivity index is 2.35. The average Bonchev–Trinajstić information content (AvgIpc) is 2.45. The average molecular weight is 278 g/mol. The number of benzene rings is 1. The first-order valence-electron chi connectivity index (χ1n) is 6.51. The molecule has 106 valence electrons. The highest BCUT2D eigenvalue weighted by molar-refractivity contribution is 5.42. The van der Waals surface area contributed by atoms with Gasteiger partial charge in [0.1, 0.15) is 5.75 Å². The summed E-state index contributed by atoms with van der Waals surface area (Å²) in [6, 6.07) is 8.07. The number of halogens is 2. The Bertz CT molecular complexity index is 602. The van der Waals surface area contributed by atoms with Crippen LogP contribution >= 0.6 is 0 Å². The van der Waals surface area contributed by atoms with E-state index >= 15 is 0 Å². The van der Waals surface area contributed by atoms with Crippen molar-refractivity contribution in [3.05, 3.63) is 47.5 Å². The first-order valence-corrected chi connectivity index (χ1v) is 6.51. The Morgan fingerprint density at radius 2 is 1.90 bits per heavy atom. The SMILES string of the molecule is CCNc1nc(Oc2ccccc2CC)c(F)cc1F. The second kappa shape index (κ2) is 6.32. The summed E-state index contributed by atoms with van der Waals surface area (Å²) in [5.74, 6) is -1.29. The van der Waals surface area contributed by atoms with E-state index in [1.165, 1.54) is 0 Å². The summed E-state index contributed by atoms with van der Waals surface area (Å²) in [7, 11) is 0. The van der Waals surface area contributed by atoms with Crippen LogP contribution in [0.5, 0.6) is 11.6 Å². The molecular formula is C15H16F2N2O. The largest absolute Gasteiger partial charge is 0.436 e. The minimum Gasteiger partial charge on any atom is -0.436 e. The topological polar surface area (TPSA) is 34.2 Å². The van der Waals surface area contributed by atoms with Gasteiger partial charge < -0.3 is 10.1 Å². The number of para-hydroxylation sites is 1. The maximum Gasteiger partial charge on any atom is 0.258 e. The van der Waals surface area contributed by atoms with Gasteiger partial charge in [-0.1, -0.05) is 25.1 Å². The summed E-state index contributed by atoms with van der Waals surface area (Å²) in [5.41, 5.74) is 0.933. The third-order valence-corrected chi connectivity index (χ3v) is 2.80. The van der Waals surface area contributed by atoms with Gasteiger partial charge in [0.2, 0.25) is 0 Å². The molecule has 1 heterocycles. The minimum atomic E-state index is -0.824. The summed E-state index contributed by atoms with van der Waals surface area (Å²) >= 11 is 0. The molecule has 0 aliphatic carbocycles. The van der Waals surface area contributed by atoms with Gasteiger partial charge in [0, 0.05) is 12.6 Å². The second-order valence-corrected chi connectivity index (χ2v) is 4.20. The Morgan fingerprint density at radius 1 is 1.15 bits per heavy atom. The fourth-order valence-electron chi connectivity index (χ4n) is 1.81. The van der Waals surface area contributed by atoms with Gasteiger partial charge in [-0.15, -0.1) is 0 Å². The van der Waals surface area contributed by atoms with Crippen LogP contribution in [-0.4, -0.2) is 11.5 Å². The summed E-state index contributed by atoms with van der Waals surface area (Å²) in [5, 5.41) is 2.73. The molecule has 0 aliphatic rings. The Labute approximate surface area is 116 Å². The fraction of sp³-hybridized carbons (Fsp3) is 0.267. The highest BCUT2D eigenvalue weighted by Crippen LogP contribution is 2.28. The fourth-order valence-corrected chi connectivity index (χ4v) is 1.81. The van der Waals surface area contributed by atoms with E-state index in [2.05, 4.69) is 10.3 Å². The monoisotopic (exact) mass is 278 g/mol. The number of hydrogen-bond donors (Lipinski definition) is 1. The predicted octanol–water partition coefficient (Wildman–Crippen LogP) is 4.15. The molecule has 0 fully saturated rings. The molecule has 2 aromatic rings. The van der Waals surface area contributed by atoms with E-state index in [0.717, 1.165) is 18.1 Å². The lowest BCUT2D eigenvalue weighted by Crippen LogP contribution is -2.05. The molecule has 0 atom stereocenters. The molecule has 0 saturated carbocycles. The van der Waals surface area contributed by atoms with E-state index in [9.17, 15) is 8.78 Å². The van der Waals surface area contributed by atoms with Crippen LogP contribution in [0, 0.1) is 11.6 Å². The number of hydrogen-bond acceptors (Lipinski definition) is 3. The second-order valence-electron chi connectivity index (χ2n) is 4.20. The number of nitrogens with zero attached hydrogens (tertiary/aromatic N) is 1. The quantitative estimate of drug-likeness (QED) is 0.892. The Kier molecular flexibility index (Phi) is 4.50. The Hall–Kier alpha value is -2.17. The van der Waals surface area contributed by atoms with Gasteiger partial charge in [-0.05, 0) is 25.0 Å². The summed E-state index contributed by atoms with van der Waals surface area (Å²) in [6.45, 7) is 4.26. The van der Waals surface area contributed by atoms with Gasteiger partial charge in [0.25, 0.3) is 5.88 Å². The first kappa shape index (κ1) is 14.2. The van der Waals surface area contributed by atoms with Crippen molar-refractivity contribution in [2.45, 2.75) is 20.3 Å². The van der Waals surface area contributed by atoms with Gasteiger partial charge in [-0.3, -0.25) is 0 Å². The zero-order valence-corrected chi connectivity index (χ0v) is 11.4. The number of nitrogens with one attached hydrogen (secondary N) is 1. The van der Waals surface area contributed by atoms with Crippen LogP contribution in [0.4, 0.5) is 14.6 Å². The number of aryl methyl sites for hydroxylation is 1. The third kappa shape index (κ3) is 3.04. The number of aromatic nitrogens is 1. The van der Waals surface area contributed by atoms with Crippen LogP contribution in [0.3, 0.4) is 0 Å². The van der Waals surface area contributed by atoms with Crippen LogP contribution in [-0.2, 0) is 6.42 Å². The van der Waals surface area contributed by atoms with Gasteiger partial charge in [-0.25, -0.2) is 8.78 Å². The molecule has 3 nitrogen and oxygen atoms in total.